The number of carbonyl (C=O) groups is 1. The van der Waals surface area contributed by atoms with E-state index >= 15 is 0 Å². The third-order valence-electron chi connectivity index (χ3n) is 3.31. The molecule has 0 atom stereocenters. The smallest absolute Gasteiger partial charge is 0.261 e. The average Bonchev–Trinajstić information content (AvgIpc) is 2.29. The lowest BCUT2D eigenvalue weighted by molar-refractivity contribution is 0.101. The van der Waals surface area contributed by atoms with Crippen LogP contribution in [0, 0.1) is 0 Å². The zero-order valence-electron chi connectivity index (χ0n) is 12.7. The molecule has 0 amide bonds. The number of Topliss-reactive ketones (excluding diaryl/α,β-unsaturated/α-hetero) is 1. The molecule has 0 saturated carbocycles. The Balaban J connectivity index is 3.30. The number of nitrogens with zero attached hydrogens (tertiary/aromatic N) is 1. The SMILES string of the molecule is CCCCCn1c(C(C)(C)C)ccc(C(C)=O)c1=O. The van der Waals surface area contributed by atoms with Crippen molar-refractivity contribution in [3.8, 4) is 0 Å². The number of hydrogen-bond donors (Lipinski definition) is 0. The molecule has 0 aliphatic heterocycles. The quantitative estimate of drug-likeness (QED) is 0.602. The number of rotatable bonds is 5. The predicted molar refractivity (Wildman–Crippen MR) is 78.9 cm³/mol. The number of carbonyl (C=O) groups excluding carboxylic acids is 1. The van der Waals surface area contributed by atoms with Crippen LogP contribution < -0.4 is 5.56 Å². The van der Waals surface area contributed by atoms with Crippen LogP contribution in [0.5, 0.6) is 0 Å². The zero-order chi connectivity index (χ0) is 14.6. The van der Waals surface area contributed by atoms with Crippen molar-refractivity contribution in [3.63, 3.8) is 0 Å². The fraction of sp³-hybridized carbons (Fsp3) is 0.625. The lowest BCUT2D eigenvalue weighted by Crippen LogP contribution is -2.32. The van der Waals surface area contributed by atoms with Gasteiger partial charge in [0.15, 0.2) is 5.78 Å². The molecule has 0 fully saturated rings. The molecule has 3 heteroatoms. The van der Waals surface area contributed by atoms with Crippen LogP contribution >= 0.6 is 0 Å². The van der Waals surface area contributed by atoms with E-state index in [0.717, 1.165) is 25.0 Å². The highest BCUT2D eigenvalue weighted by atomic mass is 16.1. The van der Waals surface area contributed by atoms with Crippen molar-refractivity contribution in [2.75, 3.05) is 0 Å². The Morgan fingerprint density at radius 3 is 2.32 bits per heavy atom. The molecule has 1 rings (SSSR count). The summed E-state index contributed by atoms with van der Waals surface area (Å²) in [5, 5.41) is 0. The van der Waals surface area contributed by atoms with E-state index in [2.05, 4.69) is 27.7 Å². The molecule has 0 aliphatic rings. The second-order valence-corrected chi connectivity index (χ2v) is 6.10. The molecule has 3 nitrogen and oxygen atoms in total. The third-order valence-corrected chi connectivity index (χ3v) is 3.31. The Bertz CT molecular complexity index is 506. The fourth-order valence-electron chi connectivity index (χ4n) is 2.24. The first-order valence-corrected chi connectivity index (χ1v) is 7.04. The third kappa shape index (κ3) is 3.79. The van der Waals surface area contributed by atoms with E-state index in [1.807, 2.05) is 6.07 Å². The normalized spacial score (nSPS) is 11.6. The van der Waals surface area contributed by atoms with E-state index in [-0.39, 0.29) is 16.8 Å². The van der Waals surface area contributed by atoms with Gasteiger partial charge in [0.05, 0.1) is 5.56 Å². The minimum absolute atomic E-state index is 0.0965. The fourth-order valence-corrected chi connectivity index (χ4v) is 2.24. The molecule has 0 N–H and O–H groups in total. The molecular formula is C16H25NO2. The molecule has 0 bridgehead atoms. The van der Waals surface area contributed by atoms with Crippen LogP contribution in [0.15, 0.2) is 16.9 Å². The Morgan fingerprint density at radius 2 is 1.84 bits per heavy atom. The molecule has 0 radical (unpaired) electrons. The first-order chi connectivity index (χ1) is 8.79. The highest BCUT2D eigenvalue weighted by molar-refractivity contribution is 5.93. The summed E-state index contributed by atoms with van der Waals surface area (Å²) >= 11 is 0. The molecule has 19 heavy (non-hydrogen) atoms. The maximum atomic E-state index is 12.4. The maximum Gasteiger partial charge on any atom is 0.261 e. The number of unbranched alkanes of at least 4 members (excludes halogenated alkanes) is 2. The van der Waals surface area contributed by atoms with Crippen LogP contribution in [-0.4, -0.2) is 10.4 Å². The van der Waals surface area contributed by atoms with Crippen molar-refractivity contribution in [2.45, 2.75) is 65.8 Å². The Hall–Kier alpha value is -1.38. The molecule has 0 aromatic carbocycles. The van der Waals surface area contributed by atoms with Gasteiger partial charge in [-0.05, 0) is 25.5 Å². The van der Waals surface area contributed by atoms with E-state index < -0.39 is 0 Å². The summed E-state index contributed by atoms with van der Waals surface area (Å²) in [6.45, 7) is 10.5. The highest BCUT2D eigenvalue weighted by Crippen LogP contribution is 2.21. The van der Waals surface area contributed by atoms with Crippen molar-refractivity contribution in [3.05, 3.63) is 33.7 Å². The molecule has 0 unspecified atom stereocenters. The second-order valence-electron chi connectivity index (χ2n) is 6.10. The first-order valence-electron chi connectivity index (χ1n) is 7.04. The number of aromatic nitrogens is 1. The number of pyridine rings is 1. The van der Waals surface area contributed by atoms with Gasteiger partial charge in [-0.25, -0.2) is 0 Å². The molecule has 0 spiro atoms. The minimum atomic E-state index is -0.158. The summed E-state index contributed by atoms with van der Waals surface area (Å²) in [5.74, 6) is -0.158. The lowest BCUT2D eigenvalue weighted by Gasteiger charge is -2.24. The van der Waals surface area contributed by atoms with Gasteiger partial charge in [0.2, 0.25) is 0 Å². The number of hydrogen-bond acceptors (Lipinski definition) is 2. The largest absolute Gasteiger partial charge is 0.312 e. The van der Waals surface area contributed by atoms with E-state index in [9.17, 15) is 9.59 Å². The van der Waals surface area contributed by atoms with Crippen LogP contribution in [0.4, 0.5) is 0 Å². The predicted octanol–water partition coefficient (Wildman–Crippen LogP) is 3.54. The summed E-state index contributed by atoms with van der Waals surface area (Å²) in [4.78, 5) is 23.9. The van der Waals surface area contributed by atoms with Crippen molar-refractivity contribution in [1.82, 2.24) is 4.57 Å². The van der Waals surface area contributed by atoms with Gasteiger partial charge < -0.3 is 4.57 Å². The van der Waals surface area contributed by atoms with Gasteiger partial charge in [-0.3, -0.25) is 9.59 Å². The highest BCUT2D eigenvalue weighted by Gasteiger charge is 2.20. The summed E-state index contributed by atoms with van der Waals surface area (Å²) in [5.41, 5.74) is 1.06. The second kappa shape index (κ2) is 6.18. The summed E-state index contributed by atoms with van der Waals surface area (Å²) in [7, 11) is 0. The standard InChI is InChI=1S/C16H25NO2/c1-6-7-8-11-17-14(16(3,4)5)10-9-13(12(2)18)15(17)19/h9-10H,6-8,11H2,1-5H3. The van der Waals surface area contributed by atoms with Crippen molar-refractivity contribution in [2.24, 2.45) is 0 Å². The van der Waals surface area contributed by atoms with Crippen LogP contribution in [0.2, 0.25) is 0 Å². The molecule has 106 valence electrons. The van der Waals surface area contributed by atoms with Gasteiger partial charge >= 0.3 is 0 Å². The summed E-state index contributed by atoms with van der Waals surface area (Å²) in [6.07, 6.45) is 3.19. The number of ketones is 1. The molecule has 1 aromatic heterocycles. The van der Waals surface area contributed by atoms with Crippen molar-refractivity contribution < 1.29 is 4.79 Å². The van der Waals surface area contributed by atoms with E-state index in [4.69, 9.17) is 0 Å². The average molecular weight is 263 g/mol. The molecule has 0 aliphatic carbocycles. The van der Waals surface area contributed by atoms with Crippen LogP contribution in [0.25, 0.3) is 0 Å². The van der Waals surface area contributed by atoms with Gasteiger partial charge in [0.1, 0.15) is 0 Å². The minimum Gasteiger partial charge on any atom is -0.312 e. The van der Waals surface area contributed by atoms with Crippen LogP contribution in [-0.2, 0) is 12.0 Å². The Kier molecular flexibility index (Phi) is 5.10. The summed E-state index contributed by atoms with van der Waals surface area (Å²) in [6, 6.07) is 3.59. The van der Waals surface area contributed by atoms with E-state index in [1.54, 1.807) is 10.6 Å². The monoisotopic (exact) mass is 263 g/mol. The van der Waals surface area contributed by atoms with Crippen molar-refractivity contribution >= 4 is 5.78 Å². The molecule has 0 saturated heterocycles. The van der Waals surface area contributed by atoms with Gasteiger partial charge in [0, 0.05) is 17.7 Å². The van der Waals surface area contributed by atoms with E-state index in [1.165, 1.54) is 6.92 Å². The Labute approximate surface area is 115 Å². The van der Waals surface area contributed by atoms with Gasteiger partial charge in [0.25, 0.3) is 5.56 Å². The maximum absolute atomic E-state index is 12.4. The first kappa shape index (κ1) is 15.7. The van der Waals surface area contributed by atoms with Gasteiger partial charge in [-0.2, -0.15) is 0 Å². The molecule has 1 aromatic rings. The Morgan fingerprint density at radius 1 is 1.21 bits per heavy atom. The van der Waals surface area contributed by atoms with Gasteiger partial charge in [-0.15, -0.1) is 0 Å². The molecule has 1 heterocycles. The van der Waals surface area contributed by atoms with Crippen molar-refractivity contribution in [1.29, 1.82) is 0 Å². The lowest BCUT2D eigenvalue weighted by atomic mass is 9.90. The topological polar surface area (TPSA) is 39.1 Å². The zero-order valence-corrected chi connectivity index (χ0v) is 12.7. The van der Waals surface area contributed by atoms with Crippen LogP contribution in [0.3, 0.4) is 0 Å². The van der Waals surface area contributed by atoms with E-state index in [0.29, 0.717) is 12.1 Å². The molecular weight excluding hydrogens is 238 g/mol. The summed E-state index contributed by atoms with van der Waals surface area (Å²) < 4.78 is 1.78. The van der Waals surface area contributed by atoms with Crippen LogP contribution in [0.1, 0.15) is 69.9 Å². The van der Waals surface area contributed by atoms with Gasteiger partial charge in [-0.1, -0.05) is 40.5 Å².